The second-order valence-corrected chi connectivity index (χ2v) is 6.35. The van der Waals surface area contributed by atoms with E-state index in [0.29, 0.717) is 10.3 Å². The van der Waals surface area contributed by atoms with E-state index in [0.717, 1.165) is 11.3 Å². The van der Waals surface area contributed by atoms with Crippen molar-refractivity contribution in [2.45, 2.75) is 33.6 Å². The first kappa shape index (κ1) is 18.1. The smallest absolute Gasteiger partial charge is 0.330 e. The number of H-pyrrole nitrogens is 1. The summed E-state index contributed by atoms with van der Waals surface area (Å²) in [6.45, 7) is 6.16. The van der Waals surface area contributed by atoms with Gasteiger partial charge >= 0.3 is 5.69 Å². The molecule has 0 saturated carbocycles. The molecule has 0 amide bonds. The maximum atomic E-state index is 11.6. The molecule has 2 heterocycles. The largest absolute Gasteiger partial charge is 0.338 e. The molecule has 3 rings (SSSR count). The Bertz CT molecular complexity index is 948. The number of hydrogen-bond donors (Lipinski definition) is 1. The number of aryl methyl sites for hydroxylation is 4. The maximum absolute atomic E-state index is 11.6. The zero-order valence-electron chi connectivity index (χ0n) is 14.9. The van der Waals surface area contributed by atoms with Crippen molar-refractivity contribution in [1.82, 2.24) is 19.1 Å². The van der Waals surface area contributed by atoms with E-state index in [-0.39, 0.29) is 5.69 Å². The second-order valence-electron chi connectivity index (χ2n) is 5.96. The molecule has 2 aromatic heterocycles. The Hall–Kier alpha value is -2.21. The van der Waals surface area contributed by atoms with Crippen LogP contribution in [0.2, 0.25) is 0 Å². The molecule has 1 aromatic carbocycles. The van der Waals surface area contributed by atoms with E-state index in [9.17, 15) is 4.79 Å². The van der Waals surface area contributed by atoms with Crippen LogP contribution in [0.4, 0.5) is 0 Å². The van der Waals surface area contributed by atoms with Crippen molar-refractivity contribution in [3.63, 3.8) is 0 Å². The highest BCUT2D eigenvalue weighted by Gasteiger charge is 2.08. The van der Waals surface area contributed by atoms with Crippen molar-refractivity contribution in [3.05, 3.63) is 56.3 Å². The standard InChI is InChI=1S/C10H14.C8H10N4OS/c1-3-4-10-7-5-9(2)6-8-10;1-4-9-5-6(10-4)11(2)8(13)12(3)7(5)14/h5-8H,3-4H2,1-2H3;1-3H3,(H,9,10). The Morgan fingerprint density at radius 2 is 1.75 bits per heavy atom. The molecule has 128 valence electrons. The topological polar surface area (TPSA) is 55.6 Å². The monoisotopic (exact) mass is 344 g/mol. The molecule has 0 aliphatic rings. The van der Waals surface area contributed by atoms with Crippen LogP contribution in [0.15, 0.2) is 29.1 Å². The van der Waals surface area contributed by atoms with Crippen LogP contribution >= 0.6 is 12.2 Å². The molecule has 3 aromatic rings. The highest BCUT2D eigenvalue weighted by molar-refractivity contribution is 7.71. The average molecular weight is 344 g/mol. The van der Waals surface area contributed by atoms with Crippen molar-refractivity contribution in [1.29, 1.82) is 0 Å². The van der Waals surface area contributed by atoms with Crippen LogP contribution in [0.1, 0.15) is 30.3 Å². The van der Waals surface area contributed by atoms with Gasteiger partial charge in [-0.3, -0.25) is 9.13 Å². The van der Waals surface area contributed by atoms with Gasteiger partial charge in [-0.1, -0.05) is 55.4 Å². The highest BCUT2D eigenvalue weighted by Crippen LogP contribution is 2.09. The number of hydrogen-bond acceptors (Lipinski definition) is 3. The Balaban J connectivity index is 0.000000185. The van der Waals surface area contributed by atoms with Gasteiger partial charge in [-0.2, -0.15) is 0 Å². The number of rotatable bonds is 2. The normalized spacial score (nSPS) is 10.5. The summed E-state index contributed by atoms with van der Waals surface area (Å²) in [6, 6.07) is 8.76. The minimum Gasteiger partial charge on any atom is -0.338 e. The van der Waals surface area contributed by atoms with Crippen molar-refractivity contribution < 1.29 is 0 Å². The summed E-state index contributed by atoms with van der Waals surface area (Å²) in [5, 5.41) is 0. The van der Waals surface area contributed by atoms with Gasteiger partial charge in [0.25, 0.3) is 0 Å². The molecule has 0 atom stereocenters. The third-order valence-corrected chi connectivity index (χ3v) is 4.35. The summed E-state index contributed by atoms with van der Waals surface area (Å²) in [5.74, 6) is 0.757. The van der Waals surface area contributed by atoms with E-state index in [1.54, 1.807) is 14.1 Å². The third kappa shape index (κ3) is 3.82. The van der Waals surface area contributed by atoms with Gasteiger partial charge in [-0.25, -0.2) is 9.78 Å². The number of nitrogens with zero attached hydrogens (tertiary/aromatic N) is 3. The molecule has 0 spiro atoms. The molecule has 5 nitrogen and oxygen atoms in total. The highest BCUT2D eigenvalue weighted by atomic mass is 32.1. The van der Waals surface area contributed by atoms with Gasteiger partial charge in [-0.05, 0) is 25.8 Å². The number of fused-ring (bicyclic) bond motifs is 1. The lowest BCUT2D eigenvalue weighted by atomic mass is 10.1. The predicted octanol–water partition coefficient (Wildman–Crippen LogP) is 3.59. The van der Waals surface area contributed by atoms with Gasteiger partial charge in [-0.15, -0.1) is 0 Å². The molecule has 1 N–H and O–H groups in total. The summed E-state index contributed by atoms with van der Waals surface area (Å²) in [5.41, 5.74) is 3.99. The van der Waals surface area contributed by atoms with Crippen LogP contribution in [0.25, 0.3) is 11.2 Å². The summed E-state index contributed by atoms with van der Waals surface area (Å²) in [4.78, 5) is 18.9. The predicted molar refractivity (Wildman–Crippen MR) is 101 cm³/mol. The Morgan fingerprint density at radius 1 is 1.12 bits per heavy atom. The van der Waals surface area contributed by atoms with Crippen LogP contribution in [-0.2, 0) is 20.5 Å². The van der Waals surface area contributed by atoms with E-state index < -0.39 is 0 Å². The van der Waals surface area contributed by atoms with Gasteiger partial charge in [0.05, 0.1) is 0 Å². The Morgan fingerprint density at radius 3 is 2.33 bits per heavy atom. The van der Waals surface area contributed by atoms with Crippen LogP contribution in [0, 0.1) is 18.5 Å². The van der Waals surface area contributed by atoms with Gasteiger partial charge in [0.1, 0.15) is 16.0 Å². The molecular weight excluding hydrogens is 320 g/mol. The molecule has 0 aliphatic carbocycles. The molecule has 0 fully saturated rings. The molecule has 24 heavy (non-hydrogen) atoms. The van der Waals surface area contributed by atoms with Gasteiger partial charge < -0.3 is 4.98 Å². The second kappa shape index (κ2) is 7.57. The lowest BCUT2D eigenvalue weighted by Crippen LogP contribution is -2.27. The zero-order chi connectivity index (χ0) is 17.9. The first-order valence-corrected chi connectivity index (χ1v) is 8.43. The number of nitrogens with one attached hydrogen (secondary N) is 1. The molecule has 0 unspecified atom stereocenters. The summed E-state index contributed by atoms with van der Waals surface area (Å²) < 4.78 is 3.40. The molecule has 0 bridgehead atoms. The number of imidazole rings is 1. The first-order valence-electron chi connectivity index (χ1n) is 8.03. The zero-order valence-corrected chi connectivity index (χ0v) is 15.7. The minimum absolute atomic E-state index is 0.158. The van der Waals surface area contributed by atoms with E-state index in [1.165, 1.54) is 33.1 Å². The van der Waals surface area contributed by atoms with Crippen molar-refractivity contribution >= 4 is 23.4 Å². The lowest BCUT2D eigenvalue weighted by molar-refractivity contribution is 0.721. The number of benzene rings is 1. The SMILES string of the molecule is CCCc1ccc(C)cc1.Cc1nc2c([nH]1)c(=S)n(C)c(=O)n2C. The van der Waals surface area contributed by atoms with Crippen LogP contribution in [-0.4, -0.2) is 19.1 Å². The summed E-state index contributed by atoms with van der Waals surface area (Å²) in [6.07, 6.45) is 2.45. The van der Waals surface area contributed by atoms with Gasteiger partial charge in [0.15, 0.2) is 5.65 Å². The molecule has 0 saturated heterocycles. The van der Waals surface area contributed by atoms with E-state index in [1.807, 2.05) is 6.92 Å². The minimum atomic E-state index is -0.158. The fraction of sp³-hybridized carbons (Fsp3) is 0.389. The average Bonchev–Trinajstić information content (AvgIpc) is 2.96. The van der Waals surface area contributed by atoms with Crippen molar-refractivity contribution in [2.75, 3.05) is 0 Å². The molecule has 0 radical (unpaired) electrons. The number of aromatic nitrogens is 4. The van der Waals surface area contributed by atoms with Crippen molar-refractivity contribution in [3.8, 4) is 0 Å². The van der Waals surface area contributed by atoms with Crippen LogP contribution in [0.3, 0.4) is 0 Å². The van der Waals surface area contributed by atoms with Gasteiger partial charge in [0.2, 0.25) is 0 Å². The first-order chi connectivity index (χ1) is 11.3. The maximum Gasteiger partial charge on any atom is 0.330 e. The lowest BCUT2D eigenvalue weighted by Gasteiger charge is -2.02. The van der Waals surface area contributed by atoms with Crippen LogP contribution < -0.4 is 5.69 Å². The molecule has 0 aliphatic heterocycles. The molecule has 6 heteroatoms. The van der Waals surface area contributed by atoms with E-state index in [2.05, 4.69) is 48.1 Å². The summed E-state index contributed by atoms with van der Waals surface area (Å²) in [7, 11) is 3.33. The fourth-order valence-electron chi connectivity index (χ4n) is 2.48. The van der Waals surface area contributed by atoms with E-state index >= 15 is 0 Å². The Labute approximate surface area is 147 Å². The summed E-state index contributed by atoms with van der Waals surface area (Å²) >= 11 is 5.13. The molecular formula is C18H24N4OS. The Kier molecular flexibility index (Phi) is 5.72. The van der Waals surface area contributed by atoms with Gasteiger partial charge in [0, 0.05) is 14.1 Å². The quantitative estimate of drug-likeness (QED) is 0.723. The fourth-order valence-corrected chi connectivity index (χ4v) is 2.71. The van der Waals surface area contributed by atoms with E-state index in [4.69, 9.17) is 12.2 Å². The third-order valence-electron chi connectivity index (χ3n) is 3.87. The number of aromatic amines is 1. The van der Waals surface area contributed by atoms with Crippen LogP contribution in [0.5, 0.6) is 0 Å². The van der Waals surface area contributed by atoms with Crippen molar-refractivity contribution in [2.24, 2.45) is 14.1 Å².